The highest BCUT2D eigenvalue weighted by molar-refractivity contribution is 14.1. The van der Waals surface area contributed by atoms with Crippen LogP contribution >= 0.6 is 22.6 Å². The molecule has 68 valence electrons. The van der Waals surface area contributed by atoms with Crippen LogP contribution in [0.1, 0.15) is 6.92 Å². The van der Waals surface area contributed by atoms with E-state index in [1.165, 1.54) is 0 Å². The lowest BCUT2D eigenvalue weighted by Crippen LogP contribution is -1.90. The highest BCUT2D eigenvalue weighted by Gasteiger charge is 2.03. The van der Waals surface area contributed by atoms with Crippen molar-refractivity contribution >= 4 is 33.7 Å². The van der Waals surface area contributed by atoms with E-state index in [9.17, 15) is 0 Å². The van der Waals surface area contributed by atoms with Crippen molar-refractivity contribution in [1.82, 2.24) is 4.98 Å². The number of aromatic nitrogens is 1. The number of hydrogen-bond acceptors (Lipinski definition) is 3. The van der Waals surface area contributed by atoms with Gasteiger partial charge < -0.3 is 9.15 Å². The number of fused-ring (bicyclic) bond motifs is 1. The number of halogens is 1. The van der Waals surface area contributed by atoms with Crippen molar-refractivity contribution in [2.24, 2.45) is 0 Å². The molecule has 1 aromatic heterocycles. The van der Waals surface area contributed by atoms with Gasteiger partial charge in [-0.2, -0.15) is 0 Å². The van der Waals surface area contributed by atoms with E-state index in [1.54, 1.807) is 0 Å². The van der Waals surface area contributed by atoms with Crippen LogP contribution in [0.4, 0.5) is 0 Å². The summed E-state index contributed by atoms with van der Waals surface area (Å²) in [4.78, 5) is 4.18. The van der Waals surface area contributed by atoms with Crippen LogP contribution in [0.25, 0.3) is 11.1 Å². The zero-order chi connectivity index (χ0) is 9.26. The fraction of sp³-hybridized carbons (Fsp3) is 0.222. The van der Waals surface area contributed by atoms with Gasteiger partial charge in [-0.15, -0.1) is 0 Å². The van der Waals surface area contributed by atoms with E-state index in [0.717, 1.165) is 16.8 Å². The molecule has 13 heavy (non-hydrogen) atoms. The minimum atomic E-state index is 0.654. The minimum absolute atomic E-state index is 0.654. The minimum Gasteiger partial charge on any atom is -0.494 e. The maximum absolute atomic E-state index is 5.35. The molecule has 0 aliphatic carbocycles. The molecule has 1 aromatic carbocycles. The summed E-state index contributed by atoms with van der Waals surface area (Å²) in [5.74, 6) is 0.822. The predicted molar refractivity (Wildman–Crippen MR) is 57.9 cm³/mol. The number of hydrogen-bond donors (Lipinski definition) is 0. The zero-order valence-electron chi connectivity index (χ0n) is 7.08. The van der Waals surface area contributed by atoms with E-state index in [2.05, 4.69) is 4.98 Å². The summed E-state index contributed by atoms with van der Waals surface area (Å²) < 4.78 is 11.3. The molecule has 0 N–H and O–H groups in total. The van der Waals surface area contributed by atoms with Crippen LogP contribution in [0.5, 0.6) is 5.75 Å². The summed E-state index contributed by atoms with van der Waals surface area (Å²) in [6.45, 7) is 2.62. The quantitative estimate of drug-likeness (QED) is 0.797. The molecular weight excluding hydrogens is 281 g/mol. The van der Waals surface area contributed by atoms with Crippen LogP contribution in [-0.4, -0.2) is 11.6 Å². The first-order valence-corrected chi connectivity index (χ1v) is 5.06. The van der Waals surface area contributed by atoms with Gasteiger partial charge in [0.2, 0.25) is 0 Å². The molecule has 0 spiro atoms. The fourth-order valence-electron chi connectivity index (χ4n) is 1.13. The first kappa shape index (κ1) is 8.80. The van der Waals surface area contributed by atoms with Crippen LogP contribution in [0.3, 0.4) is 0 Å². The van der Waals surface area contributed by atoms with Crippen LogP contribution in [0.2, 0.25) is 0 Å². The first-order valence-electron chi connectivity index (χ1n) is 3.98. The number of oxazole rings is 1. The van der Waals surface area contributed by atoms with Crippen LogP contribution in [-0.2, 0) is 0 Å². The van der Waals surface area contributed by atoms with Gasteiger partial charge in [0.1, 0.15) is 11.3 Å². The third-order valence-electron chi connectivity index (χ3n) is 1.64. The molecule has 0 unspecified atom stereocenters. The van der Waals surface area contributed by atoms with Gasteiger partial charge in [0.25, 0.3) is 3.90 Å². The van der Waals surface area contributed by atoms with Gasteiger partial charge in [-0.3, -0.25) is 0 Å². The molecular formula is C9H8INO2. The van der Waals surface area contributed by atoms with E-state index in [1.807, 2.05) is 47.7 Å². The summed E-state index contributed by atoms with van der Waals surface area (Å²) in [6.07, 6.45) is 0. The van der Waals surface area contributed by atoms with Gasteiger partial charge >= 0.3 is 0 Å². The van der Waals surface area contributed by atoms with E-state index < -0.39 is 0 Å². The number of rotatable bonds is 2. The zero-order valence-corrected chi connectivity index (χ0v) is 9.24. The van der Waals surface area contributed by atoms with Gasteiger partial charge in [-0.25, -0.2) is 4.98 Å². The second kappa shape index (κ2) is 3.53. The monoisotopic (exact) mass is 289 g/mol. The Morgan fingerprint density at radius 1 is 1.54 bits per heavy atom. The second-order valence-electron chi connectivity index (χ2n) is 2.53. The number of ether oxygens (including phenoxy) is 1. The van der Waals surface area contributed by atoms with Crippen molar-refractivity contribution in [2.75, 3.05) is 6.61 Å². The molecule has 2 aromatic rings. The summed E-state index contributed by atoms with van der Waals surface area (Å²) in [6, 6.07) is 5.64. The van der Waals surface area contributed by atoms with E-state index in [0.29, 0.717) is 10.5 Å². The smallest absolute Gasteiger partial charge is 0.258 e. The Balaban J connectivity index is 2.48. The van der Waals surface area contributed by atoms with E-state index in [-0.39, 0.29) is 0 Å². The average Bonchev–Trinajstić information content (AvgIpc) is 2.44. The van der Waals surface area contributed by atoms with E-state index in [4.69, 9.17) is 9.15 Å². The molecule has 0 aliphatic rings. The average molecular weight is 289 g/mol. The highest BCUT2D eigenvalue weighted by Crippen LogP contribution is 2.22. The first-order chi connectivity index (χ1) is 6.29. The summed E-state index contributed by atoms with van der Waals surface area (Å²) in [7, 11) is 0. The van der Waals surface area contributed by atoms with Crippen molar-refractivity contribution in [3.63, 3.8) is 0 Å². The Hall–Kier alpha value is -0.780. The van der Waals surface area contributed by atoms with Crippen molar-refractivity contribution in [3.05, 3.63) is 22.1 Å². The Morgan fingerprint density at radius 2 is 2.38 bits per heavy atom. The van der Waals surface area contributed by atoms with Crippen molar-refractivity contribution < 1.29 is 9.15 Å². The van der Waals surface area contributed by atoms with E-state index >= 15 is 0 Å². The molecule has 0 saturated heterocycles. The molecule has 1 heterocycles. The van der Waals surface area contributed by atoms with Crippen molar-refractivity contribution in [1.29, 1.82) is 0 Å². The third kappa shape index (κ3) is 1.77. The predicted octanol–water partition coefficient (Wildman–Crippen LogP) is 2.83. The molecule has 0 aliphatic heterocycles. The van der Waals surface area contributed by atoms with Crippen LogP contribution < -0.4 is 4.74 Å². The Morgan fingerprint density at radius 3 is 3.15 bits per heavy atom. The molecule has 0 radical (unpaired) electrons. The normalized spacial score (nSPS) is 10.6. The van der Waals surface area contributed by atoms with Crippen LogP contribution in [0, 0.1) is 3.90 Å². The topological polar surface area (TPSA) is 35.3 Å². The maximum atomic E-state index is 5.35. The summed E-state index contributed by atoms with van der Waals surface area (Å²) in [5.41, 5.74) is 1.64. The highest BCUT2D eigenvalue weighted by atomic mass is 127. The molecule has 0 amide bonds. The van der Waals surface area contributed by atoms with Gasteiger partial charge in [-0.1, -0.05) is 0 Å². The lowest BCUT2D eigenvalue weighted by Gasteiger charge is -2.00. The summed E-state index contributed by atoms with van der Waals surface area (Å²) in [5, 5.41) is 0. The SMILES string of the molecule is CCOc1ccc2nc(I)oc2c1. The number of benzene rings is 1. The molecule has 0 saturated carbocycles. The van der Waals surface area contributed by atoms with Crippen LogP contribution in [0.15, 0.2) is 22.6 Å². The largest absolute Gasteiger partial charge is 0.494 e. The van der Waals surface area contributed by atoms with Gasteiger partial charge in [-0.05, 0) is 19.1 Å². The second-order valence-corrected chi connectivity index (χ2v) is 3.45. The van der Waals surface area contributed by atoms with Gasteiger partial charge in [0, 0.05) is 28.7 Å². The summed E-state index contributed by atoms with van der Waals surface area (Å²) >= 11 is 2.05. The molecule has 3 nitrogen and oxygen atoms in total. The standard InChI is InChI=1S/C9H8INO2/c1-2-12-6-3-4-7-8(5-6)13-9(10)11-7/h3-5H,2H2,1H3. The van der Waals surface area contributed by atoms with Crippen molar-refractivity contribution in [3.8, 4) is 5.75 Å². The van der Waals surface area contributed by atoms with Gasteiger partial charge in [0.05, 0.1) is 6.61 Å². The molecule has 0 atom stereocenters. The fourth-order valence-corrected chi connectivity index (χ4v) is 1.63. The van der Waals surface area contributed by atoms with Gasteiger partial charge in [0.15, 0.2) is 5.58 Å². The Kier molecular flexibility index (Phi) is 2.39. The lowest BCUT2D eigenvalue weighted by atomic mass is 10.3. The molecule has 4 heteroatoms. The maximum Gasteiger partial charge on any atom is 0.258 e. The van der Waals surface area contributed by atoms with Crippen molar-refractivity contribution in [2.45, 2.75) is 6.92 Å². The Bertz CT molecular complexity index is 424. The third-order valence-corrected chi connectivity index (χ3v) is 2.11. The molecule has 2 rings (SSSR count). The number of nitrogens with zero attached hydrogens (tertiary/aromatic N) is 1. The molecule has 0 bridgehead atoms. The lowest BCUT2D eigenvalue weighted by molar-refractivity contribution is 0.340. The Labute approximate surface area is 89.2 Å². The molecule has 0 fully saturated rings.